The first-order valence-corrected chi connectivity index (χ1v) is 14.2. The number of urea groups is 1. The van der Waals surface area contributed by atoms with Crippen molar-refractivity contribution in [2.75, 3.05) is 49.6 Å². The fourth-order valence-electron chi connectivity index (χ4n) is 5.55. The van der Waals surface area contributed by atoms with Crippen molar-refractivity contribution in [1.29, 1.82) is 5.26 Å². The van der Waals surface area contributed by atoms with Gasteiger partial charge in [-0.25, -0.2) is 9.78 Å². The molecule has 0 saturated carbocycles. The van der Waals surface area contributed by atoms with Gasteiger partial charge in [-0.2, -0.15) is 5.26 Å². The molecular formula is C29H30N6O3S. The first kappa shape index (κ1) is 25.5. The number of hydrogen-bond acceptors (Lipinski definition) is 7. The Bertz CT molecular complexity index is 1410. The van der Waals surface area contributed by atoms with Crippen LogP contribution in [0.4, 0.5) is 15.6 Å². The third-order valence-electron chi connectivity index (χ3n) is 7.66. The zero-order valence-electron chi connectivity index (χ0n) is 21.6. The van der Waals surface area contributed by atoms with Gasteiger partial charge >= 0.3 is 6.03 Å². The second kappa shape index (κ2) is 11.1. The lowest BCUT2D eigenvalue weighted by Gasteiger charge is -2.36. The van der Waals surface area contributed by atoms with Crippen LogP contribution in [0.15, 0.2) is 48.5 Å². The van der Waals surface area contributed by atoms with Crippen LogP contribution in [0.25, 0.3) is 0 Å². The summed E-state index contributed by atoms with van der Waals surface area (Å²) < 4.78 is 5.50. The predicted octanol–water partition coefficient (Wildman–Crippen LogP) is 3.90. The van der Waals surface area contributed by atoms with E-state index in [0.717, 1.165) is 62.5 Å². The van der Waals surface area contributed by atoms with Crippen molar-refractivity contribution in [3.05, 3.63) is 75.8 Å². The summed E-state index contributed by atoms with van der Waals surface area (Å²) in [6.07, 6.45) is 2.99. The van der Waals surface area contributed by atoms with Crippen LogP contribution in [0.3, 0.4) is 0 Å². The molecule has 10 heteroatoms. The second-order valence-corrected chi connectivity index (χ2v) is 11.2. The number of fused-ring (bicyclic) bond motifs is 1. The number of carbonyl (C=O) groups is 2. The fraction of sp³-hybridized carbons (Fsp3) is 0.379. The van der Waals surface area contributed by atoms with Crippen molar-refractivity contribution in [2.24, 2.45) is 0 Å². The minimum absolute atomic E-state index is 0.0849. The van der Waals surface area contributed by atoms with E-state index in [2.05, 4.69) is 16.3 Å². The molecule has 3 aliphatic rings. The molecule has 2 aromatic carbocycles. The van der Waals surface area contributed by atoms with Crippen molar-refractivity contribution in [3.63, 3.8) is 0 Å². The van der Waals surface area contributed by atoms with Gasteiger partial charge < -0.3 is 9.64 Å². The minimum atomic E-state index is -0.195. The Balaban J connectivity index is 1.08. The lowest BCUT2D eigenvalue weighted by atomic mass is 9.96. The molecule has 1 atom stereocenters. The van der Waals surface area contributed by atoms with E-state index in [4.69, 9.17) is 15.0 Å². The van der Waals surface area contributed by atoms with Crippen LogP contribution in [-0.4, -0.2) is 72.2 Å². The molecule has 2 aliphatic heterocycles. The van der Waals surface area contributed by atoms with Gasteiger partial charge in [0.15, 0.2) is 5.13 Å². The predicted molar refractivity (Wildman–Crippen MR) is 149 cm³/mol. The molecule has 0 spiro atoms. The number of nitriles is 1. The Hall–Kier alpha value is -3.78. The van der Waals surface area contributed by atoms with Crippen LogP contribution in [0.2, 0.25) is 0 Å². The molecule has 3 heterocycles. The Kier molecular flexibility index (Phi) is 7.28. The van der Waals surface area contributed by atoms with Crippen molar-refractivity contribution < 1.29 is 14.3 Å². The summed E-state index contributed by atoms with van der Waals surface area (Å²) >= 11 is 1.58. The standard InChI is InChI=1S/C29H30N6O3S/c30-18-20-4-6-23(7-5-20)35-11-10-34(29(35)37)19-21-2-1-3-22(16-21)27(36)32-28-31-25-9-8-24(17-26(25)39-28)33-12-14-38-15-13-33/h1-7,16,24H,8-15,17,19H2,(H,31,32,36)/t24-/m0/s1. The molecule has 9 nitrogen and oxygen atoms in total. The monoisotopic (exact) mass is 542 g/mol. The first-order valence-electron chi connectivity index (χ1n) is 13.3. The van der Waals surface area contributed by atoms with Gasteiger partial charge in [0.05, 0.1) is 30.5 Å². The number of benzene rings is 2. The fourth-order valence-corrected chi connectivity index (χ4v) is 6.62. The summed E-state index contributed by atoms with van der Waals surface area (Å²) in [5.74, 6) is -0.195. The van der Waals surface area contributed by atoms with Crippen molar-refractivity contribution in [3.8, 4) is 6.07 Å². The van der Waals surface area contributed by atoms with Gasteiger partial charge in [-0.15, -0.1) is 11.3 Å². The number of amides is 3. The van der Waals surface area contributed by atoms with Gasteiger partial charge in [0.2, 0.25) is 0 Å². The lowest BCUT2D eigenvalue weighted by Crippen LogP contribution is -2.45. The van der Waals surface area contributed by atoms with Crippen LogP contribution in [-0.2, 0) is 24.1 Å². The van der Waals surface area contributed by atoms with Gasteiger partial charge in [-0.05, 0) is 61.2 Å². The zero-order chi connectivity index (χ0) is 26.8. The Morgan fingerprint density at radius 1 is 1.13 bits per heavy atom. The smallest absolute Gasteiger partial charge is 0.324 e. The normalized spacial score (nSPS) is 19.6. The summed E-state index contributed by atoms with van der Waals surface area (Å²) in [6, 6.07) is 17.0. The highest BCUT2D eigenvalue weighted by Gasteiger charge is 2.30. The van der Waals surface area contributed by atoms with E-state index in [1.54, 1.807) is 51.5 Å². The molecule has 3 amide bonds. The molecule has 2 saturated heterocycles. The number of rotatable bonds is 6. The van der Waals surface area contributed by atoms with E-state index in [-0.39, 0.29) is 11.9 Å². The van der Waals surface area contributed by atoms with Gasteiger partial charge in [0, 0.05) is 54.9 Å². The highest BCUT2D eigenvalue weighted by Crippen LogP contribution is 2.32. The molecule has 1 aromatic heterocycles. The number of nitrogens with zero attached hydrogens (tertiary/aromatic N) is 5. The van der Waals surface area contributed by atoms with E-state index < -0.39 is 0 Å². The summed E-state index contributed by atoms with van der Waals surface area (Å²) in [7, 11) is 0. The molecule has 0 bridgehead atoms. The number of ether oxygens (including phenoxy) is 1. The van der Waals surface area contributed by atoms with Crippen molar-refractivity contribution in [2.45, 2.75) is 31.8 Å². The molecule has 0 unspecified atom stereocenters. The molecule has 0 radical (unpaired) electrons. The molecular weight excluding hydrogens is 512 g/mol. The summed E-state index contributed by atoms with van der Waals surface area (Å²) in [5.41, 5.74) is 3.88. The number of nitrogens with one attached hydrogen (secondary N) is 1. The van der Waals surface area contributed by atoms with Gasteiger partial charge in [-0.3, -0.25) is 19.9 Å². The molecule has 200 valence electrons. The number of carbonyl (C=O) groups excluding carboxylic acids is 2. The van der Waals surface area contributed by atoms with Gasteiger partial charge in [-0.1, -0.05) is 12.1 Å². The third kappa shape index (κ3) is 5.52. The summed E-state index contributed by atoms with van der Waals surface area (Å²) in [4.78, 5) is 38.1. The highest BCUT2D eigenvalue weighted by atomic mass is 32.1. The Morgan fingerprint density at radius 2 is 1.95 bits per heavy atom. The van der Waals surface area contributed by atoms with E-state index >= 15 is 0 Å². The van der Waals surface area contributed by atoms with E-state index in [0.29, 0.717) is 41.9 Å². The third-order valence-corrected chi connectivity index (χ3v) is 8.70. The maximum absolute atomic E-state index is 13.1. The zero-order valence-corrected chi connectivity index (χ0v) is 22.5. The molecule has 2 fully saturated rings. The van der Waals surface area contributed by atoms with E-state index in [9.17, 15) is 9.59 Å². The minimum Gasteiger partial charge on any atom is -0.379 e. The summed E-state index contributed by atoms with van der Waals surface area (Å²) in [6.45, 7) is 5.14. The topological polar surface area (TPSA) is 102 Å². The van der Waals surface area contributed by atoms with Crippen molar-refractivity contribution >= 4 is 34.1 Å². The van der Waals surface area contributed by atoms with Crippen LogP contribution in [0.1, 0.15) is 38.5 Å². The number of aromatic nitrogens is 1. The van der Waals surface area contributed by atoms with Crippen LogP contribution < -0.4 is 10.2 Å². The number of aryl methyl sites for hydroxylation is 1. The molecule has 6 rings (SSSR count). The Morgan fingerprint density at radius 3 is 2.74 bits per heavy atom. The number of morpholine rings is 1. The average molecular weight is 543 g/mol. The highest BCUT2D eigenvalue weighted by molar-refractivity contribution is 7.15. The molecule has 3 aromatic rings. The van der Waals surface area contributed by atoms with Crippen molar-refractivity contribution in [1.82, 2.24) is 14.8 Å². The second-order valence-electron chi connectivity index (χ2n) is 10.1. The largest absolute Gasteiger partial charge is 0.379 e. The summed E-state index contributed by atoms with van der Waals surface area (Å²) in [5, 5.41) is 12.7. The van der Waals surface area contributed by atoms with Gasteiger partial charge in [0.1, 0.15) is 0 Å². The van der Waals surface area contributed by atoms with Gasteiger partial charge in [0.25, 0.3) is 5.91 Å². The first-order chi connectivity index (χ1) is 19.1. The number of hydrogen-bond donors (Lipinski definition) is 1. The lowest BCUT2D eigenvalue weighted by molar-refractivity contribution is 0.0139. The quantitative estimate of drug-likeness (QED) is 0.507. The van der Waals surface area contributed by atoms with E-state index in [1.807, 2.05) is 18.2 Å². The maximum Gasteiger partial charge on any atom is 0.324 e. The molecule has 39 heavy (non-hydrogen) atoms. The average Bonchev–Trinajstić information content (AvgIpc) is 3.55. The molecule has 1 N–H and O–H groups in total. The maximum atomic E-state index is 13.1. The Labute approximate surface area is 231 Å². The number of thiazole rings is 1. The van der Waals surface area contributed by atoms with Crippen LogP contribution >= 0.6 is 11.3 Å². The number of anilines is 2. The van der Waals surface area contributed by atoms with Crippen LogP contribution in [0.5, 0.6) is 0 Å². The van der Waals surface area contributed by atoms with Crippen LogP contribution in [0, 0.1) is 11.3 Å². The van der Waals surface area contributed by atoms with E-state index in [1.165, 1.54) is 4.88 Å². The SMILES string of the molecule is N#Cc1ccc(N2CCN(Cc3cccc(C(=O)Nc4nc5c(s4)C[C@@H](N4CCOCC4)CC5)c3)C2=O)cc1. The molecule has 1 aliphatic carbocycles.